The zero-order valence-electron chi connectivity index (χ0n) is 14.0. The highest BCUT2D eigenvalue weighted by Crippen LogP contribution is 2.44. The summed E-state index contributed by atoms with van der Waals surface area (Å²) in [6.07, 6.45) is 3.63. The Hall–Kier alpha value is -1.17. The fourth-order valence-corrected chi connectivity index (χ4v) is 3.57. The van der Waals surface area contributed by atoms with E-state index >= 15 is 0 Å². The van der Waals surface area contributed by atoms with Crippen molar-refractivity contribution in [1.29, 1.82) is 0 Å². The van der Waals surface area contributed by atoms with Crippen LogP contribution in [0, 0.1) is 5.82 Å². The van der Waals surface area contributed by atoms with Crippen LogP contribution in [0.25, 0.3) is 0 Å². The second-order valence-electron chi connectivity index (χ2n) is 6.65. The number of benzene rings is 1. The summed E-state index contributed by atoms with van der Waals surface area (Å²) in [6.45, 7) is 5.99. The number of hydrogen-bond donors (Lipinski definition) is 2. The van der Waals surface area contributed by atoms with Gasteiger partial charge < -0.3 is 15.5 Å². The minimum absolute atomic E-state index is 0. The molecule has 0 radical (unpaired) electrons. The Morgan fingerprint density at radius 1 is 1.29 bits per heavy atom. The van der Waals surface area contributed by atoms with Crippen molar-refractivity contribution in [2.24, 2.45) is 0 Å². The first-order chi connectivity index (χ1) is 11.2. The molecule has 1 saturated heterocycles. The van der Waals surface area contributed by atoms with Crippen LogP contribution in [0.1, 0.15) is 31.2 Å². The lowest BCUT2D eigenvalue weighted by molar-refractivity contribution is -0.129. The average Bonchev–Trinajstić information content (AvgIpc) is 2.52. The highest BCUT2D eigenvalue weighted by molar-refractivity contribution is 5.89. The molecule has 1 heterocycles. The summed E-state index contributed by atoms with van der Waals surface area (Å²) >= 11 is 0. The molecule has 0 bridgehead atoms. The molecular formula is C18H27ClFN3O. The topological polar surface area (TPSA) is 44.4 Å². The molecule has 1 aliphatic heterocycles. The maximum Gasteiger partial charge on any atom is 0.230 e. The SMILES string of the molecule is Cl.O=C(NCCCN1CCNCC1)C1(c2cccc(F)c2)CCC1. The molecule has 24 heavy (non-hydrogen) atoms. The lowest BCUT2D eigenvalue weighted by Crippen LogP contribution is -2.50. The van der Waals surface area contributed by atoms with Gasteiger partial charge in [0.2, 0.25) is 5.91 Å². The highest BCUT2D eigenvalue weighted by atomic mass is 35.5. The molecule has 4 nitrogen and oxygen atoms in total. The standard InChI is InChI=1S/C18H26FN3O.ClH/c19-16-5-1-4-15(14-16)18(6-2-7-18)17(23)21-8-3-11-22-12-9-20-10-13-22;/h1,4-5,14,20H,2-3,6-13H2,(H,21,23);1H. The quantitative estimate of drug-likeness (QED) is 0.768. The summed E-state index contributed by atoms with van der Waals surface area (Å²) in [4.78, 5) is 15.1. The Morgan fingerprint density at radius 3 is 2.67 bits per heavy atom. The number of halogens is 2. The minimum Gasteiger partial charge on any atom is -0.355 e. The maximum atomic E-state index is 13.5. The normalized spacial score (nSPS) is 19.9. The van der Waals surface area contributed by atoms with Gasteiger partial charge in [0.25, 0.3) is 0 Å². The number of piperazine rings is 1. The third kappa shape index (κ3) is 4.26. The first-order valence-electron chi connectivity index (χ1n) is 8.68. The van der Waals surface area contributed by atoms with Gasteiger partial charge in [-0.3, -0.25) is 4.79 Å². The van der Waals surface area contributed by atoms with Gasteiger partial charge in [-0.1, -0.05) is 18.6 Å². The molecule has 3 rings (SSSR count). The smallest absolute Gasteiger partial charge is 0.230 e. The first kappa shape index (κ1) is 19.2. The summed E-state index contributed by atoms with van der Waals surface area (Å²) < 4.78 is 13.5. The monoisotopic (exact) mass is 355 g/mol. The number of nitrogens with zero attached hydrogens (tertiary/aromatic N) is 1. The van der Waals surface area contributed by atoms with E-state index in [1.165, 1.54) is 12.1 Å². The highest BCUT2D eigenvalue weighted by Gasteiger charge is 2.45. The van der Waals surface area contributed by atoms with Crippen molar-refractivity contribution in [3.05, 3.63) is 35.6 Å². The molecule has 2 N–H and O–H groups in total. The van der Waals surface area contributed by atoms with Crippen molar-refractivity contribution in [3.63, 3.8) is 0 Å². The maximum absolute atomic E-state index is 13.5. The second kappa shape index (κ2) is 8.79. The fourth-order valence-electron chi connectivity index (χ4n) is 3.57. The van der Waals surface area contributed by atoms with Crippen LogP contribution in [-0.4, -0.2) is 50.1 Å². The van der Waals surface area contributed by atoms with E-state index in [1.807, 2.05) is 6.07 Å². The Balaban J connectivity index is 0.00000208. The van der Waals surface area contributed by atoms with Crippen LogP contribution in [0.2, 0.25) is 0 Å². The van der Waals surface area contributed by atoms with E-state index in [1.54, 1.807) is 6.07 Å². The van der Waals surface area contributed by atoms with E-state index in [-0.39, 0.29) is 24.1 Å². The van der Waals surface area contributed by atoms with Crippen molar-refractivity contribution in [2.75, 3.05) is 39.3 Å². The Labute approximate surface area is 149 Å². The van der Waals surface area contributed by atoms with Crippen molar-refractivity contribution in [1.82, 2.24) is 15.5 Å². The zero-order valence-corrected chi connectivity index (χ0v) is 14.8. The summed E-state index contributed by atoms with van der Waals surface area (Å²) in [6, 6.07) is 6.52. The van der Waals surface area contributed by atoms with Gasteiger partial charge in [0.1, 0.15) is 5.82 Å². The first-order valence-corrected chi connectivity index (χ1v) is 8.68. The molecule has 2 fully saturated rings. The van der Waals surface area contributed by atoms with E-state index in [0.29, 0.717) is 6.54 Å². The van der Waals surface area contributed by atoms with Gasteiger partial charge in [-0.15, -0.1) is 12.4 Å². The number of rotatable bonds is 6. The molecule has 0 unspecified atom stereocenters. The van der Waals surface area contributed by atoms with Crippen molar-refractivity contribution >= 4 is 18.3 Å². The molecular weight excluding hydrogens is 329 g/mol. The predicted molar refractivity (Wildman–Crippen MR) is 96.1 cm³/mol. The van der Waals surface area contributed by atoms with Gasteiger partial charge in [0.15, 0.2) is 0 Å². The van der Waals surface area contributed by atoms with Gasteiger partial charge in [-0.2, -0.15) is 0 Å². The molecule has 0 spiro atoms. The molecule has 0 aromatic heterocycles. The summed E-state index contributed by atoms with van der Waals surface area (Å²) in [5, 5.41) is 6.42. The lowest BCUT2D eigenvalue weighted by Gasteiger charge is -2.40. The average molecular weight is 356 g/mol. The summed E-state index contributed by atoms with van der Waals surface area (Å²) in [5.74, 6) is -0.199. The number of amides is 1. The van der Waals surface area contributed by atoms with Crippen LogP contribution in [0.3, 0.4) is 0 Å². The summed E-state index contributed by atoms with van der Waals surface area (Å²) in [7, 11) is 0. The third-order valence-electron chi connectivity index (χ3n) is 5.17. The molecule has 1 amide bonds. The minimum atomic E-state index is -0.503. The van der Waals surface area contributed by atoms with Crippen LogP contribution >= 0.6 is 12.4 Å². The van der Waals surface area contributed by atoms with E-state index in [9.17, 15) is 9.18 Å². The van der Waals surface area contributed by atoms with Gasteiger partial charge in [0, 0.05) is 32.7 Å². The number of carbonyl (C=O) groups excluding carboxylic acids is 1. The molecule has 1 aliphatic carbocycles. The Morgan fingerprint density at radius 2 is 2.04 bits per heavy atom. The Kier molecular flexibility index (Phi) is 7.02. The summed E-state index contributed by atoms with van der Waals surface area (Å²) in [5.41, 5.74) is 0.320. The van der Waals surface area contributed by atoms with E-state index in [4.69, 9.17) is 0 Å². The van der Waals surface area contributed by atoms with Gasteiger partial charge >= 0.3 is 0 Å². The van der Waals surface area contributed by atoms with Crippen molar-refractivity contribution in [2.45, 2.75) is 31.1 Å². The molecule has 1 aromatic rings. The van der Waals surface area contributed by atoms with Gasteiger partial charge in [-0.25, -0.2) is 4.39 Å². The Bertz CT molecular complexity index is 545. The lowest BCUT2D eigenvalue weighted by atomic mass is 9.64. The molecule has 1 saturated carbocycles. The van der Waals surface area contributed by atoms with Gasteiger partial charge in [0.05, 0.1) is 5.41 Å². The van der Waals surface area contributed by atoms with E-state index in [2.05, 4.69) is 15.5 Å². The van der Waals surface area contributed by atoms with Crippen molar-refractivity contribution in [3.8, 4) is 0 Å². The van der Waals surface area contributed by atoms with Gasteiger partial charge in [-0.05, 0) is 43.5 Å². The van der Waals surface area contributed by atoms with Crippen LogP contribution in [-0.2, 0) is 10.2 Å². The fraction of sp³-hybridized carbons (Fsp3) is 0.611. The van der Waals surface area contributed by atoms with E-state index in [0.717, 1.165) is 64.0 Å². The second-order valence-corrected chi connectivity index (χ2v) is 6.65. The number of carbonyl (C=O) groups is 1. The molecule has 6 heteroatoms. The number of hydrogen-bond acceptors (Lipinski definition) is 3. The number of nitrogens with one attached hydrogen (secondary N) is 2. The van der Waals surface area contributed by atoms with Crippen molar-refractivity contribution < 1.29 is 9.18 Å². The van der Waals surface area contributed by atoms with E-state index < -0.39 is 5.41 Å². The van der Waals surface area contributed by atoms with Crippen LogP contribution in [0.15, 0.2) is 24.3 Å². The zero-order chi connectivity index (χ0) is 16.1. The molecule has 2 aliphatic rings. The predicted octanol–water partition coefficient (Wildman–Crippen LogP) is 2.08. The molecule has 1 aromatic carbocycles. The molecule has 0 atom stereocenters. The molecule has 134 valence electrons. The third-order valence-corrected chi connectivity index (χ3v) is 5.17. The van der Waals surface area contributed by atoms with Crippen LogP contribution < -0.4 is 10.6 Å². The largest absolute Gasteiger partial charge is 0.355 e. The van der Waals surface area contributed by atoms with Crippen LogP contribution in [0.5, 0.6) is 0 Å². The van der Waals surface area contributed by atoms with Crippen LogP contribution in [0.4, 0.5) is 4.39 Å².